The Balaban J connectivity index is 1.17. The van der Waals surface area contributed by atoms with E-state index in [1.165, 1.54) is 28.4 Å². The predicted octanol–water partition coefficient (Wildman–Crippen LogP) is 6.82. The normalized spacial score (nSPS) is 23.4. The highest BCUT2D eigenvalue weighted by Gasteiger charge is 2.46. The minimum absolute atomic E-state index is 0.0285. The first-order chi connectivity index (χ1) is 21.6. The number of carbonyl (C=O) groups is 2. The van der Waals surface area contributed by atoms with Crippen LogP contribution in [0.2, 0.25) is 0 Å². The van der Waals surface area contributed by atoms with E-state index in [1.807, 2.05) is 30.0 Å². The number of rotatable bonds is 7. The van der Waals surface area contributed by atoms with Crippen molar-refractivity contribution in [3.63, 3.8) is 0 Å². The highest BCUT2D eigenvalue weighted by molar-refractivity contribution is 7.09. The van der Waals surface area contributed by atoms with Gasteiger partial charge in [-0.1, -0.05) is 25.1 Å². The Bertz CT molecular complexity index is 1640. The van der Waals surface area contributed by atoms with E-state index in [-0.39, 0.29) is 41.0 Å². The van der Waals surface area contributed by atoms with Crippen LogP contribution in [0.15, 0.2) is 54.6 Å². The maximum Gasteiger partial charge on any atom is 0.416 e. The van der Waals surface area contributed by atoms with Crippen LogP contribution >= 0.6 is 11.3 Å². The summed E-state index contributed by atoms with van der Waals surface area (Å²) in [5, 5.41) is 9.31. The molecule has 4 heterocycles. The third kappa shape index (κ3) is 5.37. The average molecular weight is 636 g/mol. The highest BCUT2D eigenvalue weighted by atomic mass is 32.1. The van der Waals surface area contributed by atoms with Crippen LogP contribution in [0.3, 0.4) is 0 Å². The molecule has 7 nitrogen and oxygen atoms in total. The van der Waals surface area contributed by atoms with Crippen molar-refractivity contribution in [1.29, 1.82) is 0 Å². The number of alkyl halides is 3. The molecule has 2 aromatic carbocycles. The van der Waals surface area contributed by atoms with Gasteiger partial charge in [0.25, 0.3) is 5.91 Å². The molecule has 0 radical (unpaired) electrons. The number of aromatic nitrogens is 2. The van der Waals surface area contributed by atoms with E-state index in [0.717, 1.165) is 49.2 Å². The summed E-state index contributed by atoms with van der Waals surface area (Å²) in [4.78, 5) is 31.6. The lowest BCUT2D eigenvalue weighted by molar-refractivity contribution is -0.138. The molecule has 4 aliphatic rings. The lowest BCUT2D eigenvalue weighted by Crippen LogP contribution is -2.34. The molecule has 3 fully saturated rings. The largest absolute Gasteiger partial charge is 0.416 e. The minimum Gasteiger partial charge on any atom is -0.339 e. The summed E-state index contributed by atoms with van der Waals surface area (Å²) >= 11 is 1.51. The van der Waals surface area contributed by atoms with Gasteiger partial charge in [-0.05, 0) is 92.1 Å². The van der Waals surface area contributed by atoms with Gasteiger partial charge in [0.2, 0.25) is 5.91 Å². The van der Waals surface area contributed by atoms with Crippen molar-refractivity contribution in [2.24, 2.45) is 11.3 Å². The molecule has 1 spiro atoms. The van der Waals surface area contributed by atoms with Crippen LogP contribution in [0.1, 0.15) is 88.6 Å². The summed E-state index contributed by atoms with van der Waals surface area (Å²) in [5.41, 5.74) is 3.14. The van der Waals surface area contributed by atoms with Gasteiger partial charge in [0.05, 0.1) is 12.1 Å². The summed E-state index contributed by atoms with van der Waals surface area (Å²) in [6.07, 6.45) is 1.79. The van der Waals surface area contributed by atoms with Crippen molar-refractivity contribution < 1.29 is 22.8 Å². The molecule has 7 rings (SSSR count). The van der Waals surface area contributed by atoms with Gasteiger partial charge in [0.15, 0.2) is 0 Å². The van der Waals surface area contributed by atoms with Crippen LogP contribution in [0.4, 0.5) is 18.9 Å². The first kappa shape index (κ1) is 30.1. The number of fused-ring (bicyclic) bond motifs is 1. The van der Waals surface area contributed by atoms with Crippen LogP contribution in [0.5, 0.6) is 0 Å². The van der Waals surface area contributed by atoms with Gasteiger partial charge in [-0.25, -0.2) is 0 Å². The predicted molar refractivity (Wildman–Crippen MR) is 166 cm³/mol. The van der Waals surface area contributed by atoms with E-state index in [9.17, 15) is 22.8 Å². The number of hydrogen-bond acceptors (Lipinski definition) is 6. The van der Waals surface area contributed by atoms with Gasteiger partial charge in [0, 0.05) is 48.3 Å². The summed E-state index contributed by atoms with van der Waals surface area (Å²) in [6, 6.07) is 10.2. The Morgan fingerprint density at radius 1 is 1.13 bits per heavy atom. The lowest BCUT2D eigenvalue weighted by Gasteiger charge is -2.33. The van der Waals surface area contributed by atoms with Crippen LogP contribution in [0, 0.1) is 11.3 Å². The fourth-order valence-corrected chi connectivity index (χ4v) is 8.59. The Labute approximate surface area is 264 Å². The molecule has 3 atom stereocenters. The Morgan fingerprint density at radius 3 is 2.62 bits per heavy atom. The zero-order valence-electron chi connectivity index (χ0n) is 25.2. The maximum atomic E-state index is 14.6. The molecular weight excluding hydrogens is 599 g/mol. The quantitative estimate of drug-likeness (QED) is 0.267. The zero-order valence-corrected chi connectivity index (χ0v) is 26.0. The van der Waals surface area contributed by atoms with E-state index < -0.39 is 17.6 Å². The average Bonchev–Trinajstić information content (AvgIpc) is 3.82. The number of anilines is 1. The van der Waals surface area contributed by atoms with Gasteiger partial charge >= 0.3 is 6.18 Å². The molecule has 0 N–H and O–H groups in total. The van der Waals surface area contributed by atoms with Crippen LogP contribution in [0.25, 0.3) is 0 Å². The summed E-state index contributed by atoms with van der Waals surface area (Å²) in [6.45, 7) is 8.09. The Morgan fingerprint density at radius 2 is 1.93 bits per heavy atom. The summed E-state index contributed by atoms with van der Waals surface area (Å²) < 4.78 is 43.7. The standard InChI is InChI=1S/C34H36F3N5O2S/c1-3-29(43)41-13-11-33(19-41)10-12-40(18-33)21(2)24-15-26-27(28(16-24)34(35,36)37)17-42(32(26)44)25-9-5-8-23(14-25)30(22-6-4-7-22)31-39-38-20-45-31/h3,5,8-9,14-16,20-22,30H,1,4,6-7,10-13,17-19H2,2H3/t21-,30+,33-/m0/s1. The van der Waals surface area contributed by atoms with Crippen molar-refractivity contribution in [3.05, 3.63) is 87.4 Å². The molecule has 45 heavy (non-hydrogen) atoms. The second-order valence-electron chi connectivity index (χ2n) is 13.1. The van der Waals surface area contributed by atoms with Crippen molar-refractivity contribution in [1.82, 2.24) is 20.0 Å². The third-order valence-corrected chi connectivity index (χ3v) is 11.4. The molecule has 1 saturated carbocycles. The number of benzene rings is 2. The number of carbonyl (C=O) groups excluding carboxylic acids is 2. The second kappa shape index (κ2) is 11.3. The van der Waals surface area contributed by atoms with Gasteiger partial charge in [-0.3, -0.25) is 14.5 Å². The van der Waals surface area contributed by atoms with Crippen molar-refractivity contribution in [3.8, 4) is 0 Å². The Hall–Kier alpha value is -3.57. The van der Waals surface area contributed by atoms with E-state index in [0.29, 0.717) is 36.8 Å². The number of hydrogen-bond donors (Lipinski definition) is 0. The van der Waals surface area contributed by atoms with Gasteiger partial charge in [-0.2, -0.15) is 13.2 Å². The molecule has 0 bridgehead atoms. The molecule has 0 unspecified atom stereocenters. The molecule has 11 heteroatoms. The molecule has 236 valence electrons. The van der Waals surface area contributed by atoms with E-state index in [2.05, 4.69) is 21.7 Å². The first-order valence-corrected chi connectivity index (χ1v) is 16.5. The molecule has 2 amide bonds. The number of nitrogens with zero attached hydrogens (tertiary/aromatic N) is 5. The number of likely N-dealkylation sites (tertiary alicyclic amines) is 2. The van der Waals surface area contributed by atoms with E-state index in [4.69, 9.17) is 0 Å². The summed E-state index contributed by atoms with van der Waals surface area (Å²) in [5.74, 6) is -0.0145. The summed E-state index contributed by atoms with van der Waals surface area (Å²) in [7, 11) is 0. The van der Waals surface area contributed by atoms with Crippen molar-refractivity contribution >= 4 is 28.8 Å². The molecule has 1 aromatic heterocycles. The van der Waals surface area contributed by atoms with E-state index >= 15 is 0 Å². The second-order valence-corrected chi connectivity index (χ2v) is 14.0. The monoisotopic (exact) mass is 635 g/mol. The van der Waals surface area contributed by atoms with E-state index in [1.54, 1.807) is 17.6 Å². The maximum absolute atomic E-state index is 14.6. The van der Waals surface area contributed by atoms with Crippen molar-refractivity contribution in [2.45, 2.75) is 63.7 Å². The Kier molecular flexibility index (Phi) is 7.59. The number of amides is 2. The first-order valence-electron chi connectivity index (χ1n) is 15.6. The fourth-order valence-electron chi connectivity index (χ4n) is 7.82. The highest BCUT2D eigenvalue weighted by Crippen LogP contribution is 2.47. The molecule has 3 aromatic rings. The SMILES string of the molecule is C=CC(=O)N1CC[C@]2(CCN([C@@H](C)c3cc4c(c(C(F)(F)F)c3)CN(c3cccc([C@H](c5nncs5)C5CCC5)c3)C4=O)C2)C1. The van der Waals surface area contributed by atoms with Gasteiger partial charge in [-0.15, -0.1) is 21.5 Å². The van der Waals surface area contributed by atoms with Gasteiger partial charge in [0.1, 0.15) is 10.5 Å². The number of halogens is 3. The third-order valence-electron chi connectivity index (χ3n) is 10.6. The smallest absolute Gasteiger partial charge is 0.339 e. The molecule has 3 aliphatic heterocycles. The zero-order chi connectivity index (χ0) is 31.5. The topological polar surface area (TPSA) is 69.6 Å². The van der Waals surface area contributed by atoms with Crippen LogP contribution in [-0.2, 0) is 17.5 Å². The molecular formula is C34H36F3N5O2S. The van der Waals surface area contributed by atoms with Crippen LogP contribution in [-0.4, -0.2) is 58.0 Å². The lowest BCUT2D eigenvalue weighted by atomic mass is 9.73. The molecule has 2 saturated heterocycles. The van der Waals surface area contributed by atoms with Crippen molar-refractivity contribution in [2.75, 3.05) is 31.1 Å². The minimum atomic E-state index is -4.60. The fraction of sp³-hybridized carbons (Fsp3) is 0.471. The van der Waals surface area contributed by atoms with Gasteiger partial charge < -0.3 is 9.80 Å². The molecule has 1 aliphatic carbocycles. The van der Waals surface area contributed by atoms with Crippen LogP contribution < -0.4 is 4.90 Å².